The summed E-state index contributed by atoms with van der Waals surface area (Å²) in [5, 5.41) is 3.62. The van der Waals surface area contributed by atoms with E-state index < -0.39 is 5.72 Å². The topological polar surface area (TPSA) is 55.6 Å². The molecule has 1 aromatic rings. The number of nitrogens with zero attached hydrogens (tertiary/aromatic N) is 2. The maximum Gasteiger partial charge on any atom is 0.362 e. The molecule has 0 aliphatic carbocycles. The third-order valence-corrected chi connectivity index (χ3v) is 4.09. The number of hydrogen-bond donors (Lipinski definition) is 0. The van der Waals surface area contributed by atoms with Gasteiger partial charge >= 0.3 is 5.97 Å². The van der Waals surface area contributed by atoms with Crippen molar-refractivity contribution in [3.8, 4) is 0 Å². The third kappa shape index (κ3) is 2.01. The van der Waals surface area contributed by atoms with Gasteiger partial charge in [0.05, 0.1) is 0 Å². The van der Waals surface area contributed by atoms with E-state index in [-0.39, 0.29) is 24.1 Å². The van der Waals surface area contributed by atoms with E-state index in [1.807, 2.05) is 7.05 Å². The standard InChI is InChI=1S/C12H16N2O3.ClH/c1-14-9-3-2-6-12(14,7-4-9)17-11(15)10-5-8-16-13-10;/h5,8-9H,2-4,6-7H2,1H3;1H. The van der Waals surface area contributed by atoms with Crippen LogP contribution in [0.25, 0.3) is 0 Å². The number of aromatic nitrogens is 1. The average molecular weight is 273 g/mol. The van der Waals surface area contributed by atoms with Gasteiger partial charge in [-0.05, 0) is 26.3 Å². The SMILES string of the molecule is CN1C2CCCC1(OC(=O)c1ccon1)CC2.Cl. The second-order valence-electron chi connectivity index (χ2n) is 4.92. The smallest absolute Gasteiger partial charge is 0.362 e. The number of carbonyl (C=O) groups excluding carboxylic acids is 1. The highest BCUT2D eigenvalue weighted by molar-refractivity contribution is 5.87. The number of piperidine rings is 1. The van der Waals surface area contributed by atoms with Crippen molar-refractivity contribution in [2.24, 2.45) is 0 Å². The molecule has 2 saturated heterocycles. The molecule has 2 aliphatic rings. The predicted molar refractivity (Wildman–Crippen MR) is 66.5 cm³/mol. The fraction of sp³-hybridized carbons (Fsp3) is 0.667. The third-order valence-electron chi connectivity index (χ3n) is 4.09. The van der Waals surface area contributed by atoms with E-state index in [0.717, 1.165) is 25.7 Å². The molecule has 2 fully saturated rings. The summed E-state index contributed by atoms with van der Waals surface area (Å²) in [4.78, 5) is 14.1. The molecular weight excluding hydrogens is 256 g/mol. The minimum absolute atomic E-state index is 0. The van der Waals surface area contributed by atoms with E-state index in [1.165, 1.54) is 18.8 Å². The maximum atomic E-state index is 11.9. The van der Waals surface area contributed by atoms with E-state index in [4.69, 9.17) is 4.74 Å². The minimum Gasteiger partial charge on any atom is -0.439 e. The van der Waals surface area contributed by atoms with Crippen molar-refractivity contribution in [1.82, 2.24) is 10.1 Å². The van der Waals surface area contributed by atoms with E-state index in [0.29, 0.717) is 6.04 Å². The summed E-state index contributed by atoms with van der Waals surface area (Å²) in [5.74, 6) is -0.381. The van der Waals surface area contributed by atoms with E-state index in [9.17, 15) is 4.79 Å². The monoisotopic (exact) mass is 272 g/mol. The van der Waals surface area contributed by atoms with E-state index in [2.05, 4.69) is 14.6 Å². The van der Waals surface area contributed by atoms with Gasteiger partial charge in [0.15, 0.2) is 11.4 Å². The zero-order valence-corrected chi connectivity index (χ0v) is 11.1. The van der Waals surface area contributed by atoms with Gasteiger partial charge < -0.3 is 9.26 Å². The Bertz CT molecular complexity index is 419. The lowest BCUT2D eigenvalue weighted by atomic mass is 10.0. The summed E-state index contributed by atoms with van der Waals surface area (Å²) in [6.07, 6.45) is 6.68. The van der Waals surface area contributed by atoms with Crippen molar-refractivity contribution in [1.29, 1.82) is 0 Å². The molecule has 0 spiro atoms. The summed E-state index contributed by atoms with van der Waals surface area (Å²) < 4.78 is 10.4. The van der Waals surface area contributed by atoms with Crippen LogP contribution in [0.1, 0.15) is 42.6 Å². The number of carbonyl (C=O) groups is 1. The highest BCUT2D eigenvalue weighted by Gasteiger charge is 2.49. The second kappa shape index (κ2) is 4.90. The van der Waals surface area contributed by atoms with Crippen LogP contribution in [-0.4, -0.2) is 34.8 Å². The molecule has 3 rings (SSSR count). The molecule has 2 bridgehead atoms. The van der Waals surface area contributed by atoms with Crippen molar-refractivity contribution in [3.05, 3.63) is 18.0 Å². The quantitative estimate of drug-likeness (QED) is 0.773. The number of rotatable bonds is 2. The molecule has 2 aliphatic heterocycles. The van der Waals surface area contributed by atoms with Crippen LogP contribution in [0, 0.1) is 0 Å². The molecule has 2 atom stereocenters. The van der Waals surface area contributed by atoms with Gasteiger partial charge in [0.1, 0.15) is 6.26 Å². The summed E-state index contributed by atoms with van der Waals surface area (Å²) in [5.41, 5.74) is -0.152. The predicted octanol–water partition coefficient (Wildman–Crippen LogP) is 2.23. The number of halogens is 1. The van der Waals surface area contributed by atoms with Gasteiger partial charge in [0, 0.05) is 24.9 Å². The fourth-order valence-corrected chi connectivity index (χ4v) is 3.06. The van der Waals surface area contributed by atoms with Crippen molar-refractivity contribution >= 4 is 18.4 Å². The van der Waals surface area contributed by atoms with Gasteiger partial charge in [0.2, 0.25) is 0 Å². The Morgan fingerprint density at radius 3 is 3.11 bits per heavy atom. The second-order valence-corrected chi connectivity index (χ2v) is 4.92. The maximum absolute atomic E-state index is 11.9. The molecule has 0 amide bonds. The molecule has 5 nitrogen and oxygen atoms in total. The lowest BCUT2D eigenvalue weighted by Gasteiger charge is -2.41. The molecule has 0 saturated carbocycles. The van der Waals surface area contributed by atoms with Crippen molar-refractivity contribution < 1.29 is 14.1 Å². The molecule has 6 heteroatoms. The Hall–Kier alpha value is -1.07. The van der Waals surface area contributed by atoms with Gasteiger partial charge in [-0.1, -0.05) is 5.16 Å². The summed E-state index contributed by atoms with van der Waals surface area (Å²) in [6.45, 7) is 0. The Morgan fingerprint density at radius 1 is 1.56 bits per heavy atom. The van der Waals surface area contributed by atoms with Crippen LogP contribution >= 0.6 is 12.4 Å². The van der Waals surface area contributed by atoms with Crippen LogP contribution in [0.4, 0.5) is 0 Å². The van der Waals surface area contributed by atoms with Crippen LogP contribution in [0.2, 0.25) is 0 Å². The van der Waals surface area contributed by atoms with Gasteiger partial charge in [-0.25, -0.2) is 4.79 Å². The lowest BCUT2D eigenvalue weighted by molar-refractivity contribution is -0.116. The van der Waals surface area contributed by atoms with E-state index >= 15 is 0 Å². The van der Waals surface area contributed by atoms with Gasteiger partial charge in [-0.3, -0.25) is 4.90 Å². The summed E-state index contributed by atoms with van der Waals surface area (Å²) in [6, 6.07) is 2.10. The molecule has 0 aromatic carbocycles. The normalized spacial score (nSPS) is 30.8. The minimum atomic E-state index is -0.404. The molecular formula is C12H17ClN2O3. The molecule has 0 radical (unpaired) electrons. The fourth-order valence-electron chi connectivity index (χ4n) is 3.06. The molecule has 100 valence electrons. The largest absolute Gasteiger partial charge is 0.439 e. The van der Waals surface area contributed by atoms with Crippen LogP contribution in [0.3, 0.4) is 0 Å². The molecule has 0 N–H and O–H groups in total. The number of fused-ring (bicyclic) bond motifs is 2. The van der Waals surface area contributed by atoms with Crippen molar-refractivity contribution in [2.45, 2.75) is 43.9 Å². The number of esters is 1. The Kier molecular flexibility index (Phi) is 3.64. The van der Waals surface area contributed by atoms with Crippen LogP contribution in [0.15, 0.2) is 16.9 Å². The van der Waals surface area contributed by atoms with Crippen molar-refractivity contribution in [3.63, 3.8) is 0 Å². The highest BCUT2D eigenvalue weighted by Crippen LogP contribution is 2.43. The first-order valence-electron chi connectivity index (χ1n) is 6.08. The molecule has 3 heterocycles. The Balaban J connectivity index is 0.00000120. The van der Waals surface area contributed by atoms with Crippen LogP contribution in [0.5, 0.6) is 0 Å². The van der Waals surface area contributed by atoms with Gasteiger partial charge in [-0.15, -0.1) is 12.4 Å². The first-order valence-corrected chi connectivity index (χ1v) is 6.08. The number of ether oxygens (including phenoxy) is 1. The van der Waals surface area contributed by atoms with Gasteiger partial charge in [-0.2, -0.15) is 0 Å². The van der Waals surface area contributed by atoms with Crippen LogP contribution in [-0.2, 0) is 4.74 Å². The van der Waals surface area contributed by atoms with Gasteiger partial charge in [0.25, 0.3) is 0 Å². The zero-order chi connectivity index (χ0) is 11.9. The molecule has 18 heavy (non-hydrogen) atoms. The Labute approximate surface area is 112 Å². The highest BCUT2D eigenvalue weighted by atomic mass is 35.5. The van der Waals surface area contributed by atoms with E-state index in [1.54, 1.807) is 0 Å². The molecule has 1 aromatic heterocycles. The van der Waals surface area contributed by atoms with Crippen molar-refractivity contribution in [2.75, 3.05) is 7.05 Å². The summed E-state index contributed by atoms with van der Waals surface area (Å²) in [7, 11) is 2.05. The Morgan fingerprint density at radius 2 is 2.39 bits per heavy atom. The number of hydrogen-bond acceptors (Lipinski definition) is 5. The van der Waals surface area contributed by atoms with Crippen LogP contribution < -0.4 is 0 Å². The average Bonchev–Trinajstić information content (AvgIpc) is 2.88. The first kappa shape index (κ1) is 13.4. The zero-order valence-electron chi connectivity index (χ0n) is 10.3. The molecule has 2 unspecified atom stereocenters. The first-order chi connectivity index (χ1) is 8.21. The summed E-state index contributed by atoms with van der Waals surface area (Å²) >= 11 is 0. The lowest BCUT2D eigenvalue weighted by Crippen LogP contribution is -2.50.